The summed E-state index contributed by atoms with van der Waals surface area (Å²) >= 11 is 6.01. The second-order valence-electron chi connectivity index (χ2n) is 4.39. The topological polar surface area (TPSA) is 85.4 Å². The van der Waals surface area contributed by atoms with E-state index in [0.29, 0.717) is 26.9 Å². The van der Waals surface area contributed by atoms with Gasteiger partial charge in [0.05, 0.1) is 17.7 Å². The number of nitrogens with zero attached hydrogens (tertiary/aromatic N) is 1. The van der Waals surface area contributed by atoms with Gasteiger partial charge < -0.3 is 15.6 Å². The van der Waals surface area contributed by atoms with Gasteiger partial charge in [-0.1, -0.05) is 24.4 Å². The molecular formula is C15H14N2O3S2. The van der Waals surface area contributed by atoms with Gasteiger partial charge in [0, 0.05) is 5.56 Å². The Hall–Kier alpha value is -2.25. The smallest absolute Gasteiger partial charge is 0.197 e. The van der Waals surface area contributed by atoms with Crippen LogP contribution < -0.4 is 10.5 Å². The van der Waals surface area contributed by atoms with E-state index in [0.717, 1.165) is 11.3 Å². The molecule has 3 N–H and O–H groups in total. The standard InChI is InChI=1S/C15H14N2O3S2/c1-8-13(22-15(17-8)14(16)21)10(18)7-6-9-4-3-5-11(20-2)12(9)19/h3-7,19H,1-2H3,(H2,16,21)/b7-6+. The molecule has 5 nitrogen and oxygen atoms in total. The minimum Gasteiger partial charge on any atom is -0.504 e. The van der Waals surface area contributed by atoms with Crippen molar-refractivity contribution < 1.29 is 14.6 Å². The number of nitrogens with two attached hydrogens (primary N) is 1. The van der Waals surface area contributed by atoms with Crippen molar-refractivity contribution in [2.75, 3.05) is 7.11 Å². The maximum atomic E-state index is 12.2. The maximum Gasteiger partial charge on any atom is 0.197 e. The van der Waals surface area contributed by atoms with Gasteiger partial charge in [0.25, 0.3) is 0 Å². The summed E-state index contributed by atoms with van der Waals surface area (Å²) in [6.07, 6.45) is 2.90. The van der Waals surface area contributed by atoms with Gasteiger partial charge in [-0.25, -0.2) is 4.98 Å². The predicted molar refractivity (Wildman–Crippen MR) is 90.8 cm³/mol. The predicted octanol–water partition coefficient (Wildman–Crippen LogP) is 2.70. The van der Waals surface area contributed by atoms with Crippen LogP contribution in [0.15, 0.2) is 24.3 Å². The first-order valence-corrected chi connectivity index (χ1v) is 7.52. The van der Waals surface area contributed by atoms with E-state index in [1.165, 1.54) is 19.3 Å². The van der Waals surface area contributed by atoms with Crippen molar-refractivity contribution in [3.8, 4) is 11.5 Å². The zero-order valence-corrected chi connectivity index (χ0v) is 13.6. The number of hydrogen-bond acceptors (Lipinski definition) is 6. The van der Waals surface area contributed by atoms with Crippen LogP contribution in [-0.4, -0.2) is 28.0 Å². The Morgan fingerprint density at radius 3 is 2.82 bits per heavy atom. The van der Waals surface area contributed by atoms with Crippen molar-refractivity contribution in [3.63, 3.8) is 0 Å². The molecule has 0 saturated heterocycles. The highest BCUT2D eigenvalue weighted by Crippen LogP contribution is 2.30. The van der Waals surface area contributed by atoms with Crippen LogP contribution >= 0.6 is 23.6 Å². The number of thiocarbonyl (C=S) groups is 1. The van der Waals surface area contributed by atoms with Gasteiger partial charge in [0.1, 0.15) is 4.99 Å². The van der Waals surface area contributed by atoms with Crippen LogP contribution in [0.5, 0.6) is 11.5 Å². The average Bonchev–Trinajstić information content (AvgIpc) is 2.88. The van der Waals surface area contributed by atoms with Crippen LogP contribution in [-0.2, 0) is 0 Å². The summed E-state index contributed by atoms with van der Waals surface area (Å²) in [5, 5.41) is 10.4. The second kappa shape index (κ2) is 6.67. The van der Waals surface area contributed by atoms with E-state index in [-0.39, 0.29) is 16.5 Å². The number of aromatic nitrogens is 1. The summed E-state index contributed by atoms with van der Waals surface area (Å²) in [5.74, 6) is 0.109. The fraction of sp³-hybridized carbons (Fsp3) is 0.133. The lowest BCUT2D eigenvalue weighted by Crippen LogP contribution is -2.08. The molecule has 1 heterocycles. The molecule has 1 aromatic heterocycles. The van der Waals surface area contributed by atoms with Crippen molar-refractivity contribution in [1.29, 1.82) is 0 Å². The van der Waals surface area contributed by atoms with Gasteiger partial charge in [-0.05, 0) is 25.1 Å². The molecule has 0 radical (unpaired) electrons. The quantitative estimate of drug-likeness (QED) is 0.497. The third-order valence-electron chi connectivity index (χ3n) is 2.90. The van der Waals surface area contributed by atoms with Crippen LogP contribution in [0, 0.1) is 6.92 Å². The zero-order valence-electron chi connectivity index (χ0n) is 12.0. The van der Waals surface area contributed by atoms with Gasteiger partial charge in [-0.2, -0.15) is 0 Å². The molecule has 0 atom stereocenters. The van der Waals surface area contributed by atoms with Crippen molar-refractivity contribution in [2.45, 2.75) is 6.92 Å². The summed E-state index contributed by atoms with van der Waals surface area (Å²) in [5.41, 5.74) is 6.59. The van der Waals surface area contributed by atoms with Crippen molar-refractivity contribution in [2.24, 2.45) is 5.73 Å². The van der Waals surface area contributed by atoms with Gasteiger partial charge in [-0.3, -0.25) is 4.79 Å². The van der Waals surface area contributed by atoms with Crippen molar-refractivity contribution >= 4 is 40.4 Å². The largest absolute Gasteiger partial charge is 0.504 e. The highest BCUT2D eigenvalue weighted by Gasteiger charge is 2.14. The third kappa shape index (κ3) is 3.32. The molecule has 7 heteroatoms. The van der Waals surface area contributed by atoms with Gasteiger partial charge >= 0.3 is 0 Å². The summed E-state index contributed by atoms with van der Waals surface area (Å²) in [6, 6.07) is 5.05. The number of phenols is 1. The lowest BCUT2D eigenvalue weighted by molar-refractivity contribution is 0.105. The number of methoxy groups -OCH3 is 1. The number of carbonyl (C=O) groups excluding carboxylic acids is 1. The lowest BCUT2D eigenvalue weighted by Gasteiger charge is -2.04. The Morgan fingerprint density at radius 2 is 2.23 bits per heavy atom. The molecule has 0 unspecified atom stereocenters. The molecule has 0 aliphatic carbocycles. The first kappa shape index (κ1) is 16.1. The van der Waals surface area contributed by atoms with E-state index >= 15 is 0 Å². The normalized spacial score (nSPS) is 10.8. The van der Waals surface area contributed by atoms with Crippen LogP contribution in [0.1, 0.15) is 25.9 Å². The number of phenolic OH excluding ortho intramolecular Hbond substituents is 1. The molecule has 0 fully saturated rings. The number of ether oxygens (including phenoxy) is 1. The van der Waals surface area contributed by atoms with E-state index in [9.17, 15) is 9.90 Å². The molecule has 0 saturated carbocycles. The lowest BCUT2D eigenvalue weighted by atomic mass is 10.1. The first-order chi connectivity index (χ1) is 10.4. The number of aryl methyl sites for hydroxylation is 1. The number of allylic oxidation sites excluding steroid dienone is 1. The Morgan fingerprint density at radius 1 is 1.50 bits per heavy atom. The fourth-order valence-electron chi connectivity index (χ4n) is 1.81. The molecular weight excluding hydrogens is 320 g/mol. The number of hydrogen-bond donors (Lipinski definition) is 2. The molecule has 0 bridgehead atoms. The highest BCUT2D eigenvalue weighted by molar-refractivity contribution is 7.81. The molecule has 0 aliphatic rings. The van der Waals surface area contributed by atoms with E-state index in [1.807, 2.05) is 0 Å². The van der Waals surface area contributed by atoms with Crippen LogP contribution in [0.3, 0.4) is 0 Å². The Labute approximate surface area is 137 Å². The summed E-state index contributed by atoms with van der Waals surface area (Å²) in [6.45, 7) is 1.72. The summed E-state index contributed by atoms with van der Waals surface area (Å²) in [7, 11) is 1.46. The van der Waals surface area contributed by atoms with Gasteiger partial charge in [0.15, 0.2) is 22.3 Å². The SMILES string of the molecule is COc1cccc(/C=C/C(=O)c2sc(C(N)=S)nc2C)c1O. The highest BCUT2D eigenvalue weighted by atomic mass is 32.1. The number of carbonyl (C=O) groups is 1. The average molecular weight is 334 g/mol. The molecule has 22 heavy (non-hydrogen) atoms. The Bertz CT molecular complexity index is 766. The number of thiazole rings is 1. The van der Waals surface area contributed by atoms with Crippen LogP contribution in [0.2, 0.25) is 0 Å². The van der Waals surface area contributed by atoms with E-state index in [1.54, 1.807) is 25.1 Å². The summed E-state index contributed by atoms with van der Waals surface area (Å²) in [4.78, 5) is 17.0. The van der Waals surface area contributed by atoms with Crippen molar-refractivity contribution in [1.82, 2.24) is 4.98 Å². The molecule has 0 spiro atoms. The van der Waals surface area contributed by atoms with Crippen LogP contribution in [0.25, 0.3) is 6.08 Å². The number of rotatable bonds is 5. The van der Waals surface area contributed by atoms with Crippen molar-refractivity contribution in [3.05, 3.63) is 45.4 Å². The second-order valence-corrected chi connectivity index (χ2v) is 5.83. The molecule has 2 rings (SSSR count). The molecule has 114 valence electrons. The summed E-state index contributed by atoms with van der Waals surface area (Å²) < 4.78 is 5.02. The molecule has 0 aliphatic heterocycles. The van der Waals surface area contributed by atoms with Gasteiger partial charge in [-0.15, -0.1) is 11.3 Å². The van der Waals surface area contributed by atoms with E-state index in [4.69, 9.17) is 22.7 Å². The monoisotopic (exact) mass is 334 g/mol. The fourth-order valence-corrected chi connectivity index (χ4v) is 2.82. The number of aromatic hydroxyl groups is 1. The number of benzene rings is 1. The first-order valence-electron chi connectivity index (χ1n) is 6.29. The Balaban J connectivity index is 2.27. The van der Waals surface area contributed by atoms with Crippen LogP contribution in [0.4, 0.5) is 0 Å². The number of para-hydroxylation sites is 1. The molecule has 1 aromatic carbocycles. The van der Waals surface area contributed by atoms with Gasteiger partial charge in [0.2, 0.25) is 0 Å². The maximum absolute atomic E-state index is 12.2. The van der Waals surface area contributed by atoms with E-state index < -0.39 is 0 Å². The minimum atomic E-state index is -0.222. The Kier molecular flexibility index (Phi) is 4.89. The minimum absolute atomic E-state index is 0.0149. The molecule has 0 amide bonds. The molecule has 2 aromatic rings. The van der Waals surface area contributed by atoms with E-state index in [2.05, 4.69) is 4.98 Å². The number of ketones is 1. The zero-order chi connectivity index (χ0) is 16.3. The third-order valence-corrected chi connectivity index (χ3v) is 4.42.